The van der Waals surface area contributed by atoms with Gasteiger partial charge in [-0.1, -0.05) is 23.2 Å². The summed E-state index contributed by atoms with van der Waals surface area (Å²) in [6, 6.07) is 10.0. The van der Waals surface area contributed by atoms with Crippen LogP contribution in [0.5, 0.6) is 5.75 Å². The smallest absolute Gasteiger partial charge is 0.277 e. The Morgan fingerprint density at radius 3 is 2.48 bits per heavy atom. The lowest BCUT2D eigenvalue weighted by Crippen LogP contribution is -2.26. The summed E-state index contributed by atoms with van der Waals surface area (Å²) in [5.41, 5.74) is 3.13. The Labute approximate surface area is 165 Å². The molecule has 6 nitrogen and oxygen atoms in total. The average molecular weight is 412 g/mol. The molecule has 27 heavy (non-hydrogen) atoms. The molecule has 2 aromatic carbocycles. The average Bonchev–Trinajstić information content (AvgIpc) is 2.61. The van der Waals surface area contributed by atoms with E-state index in [0.29, 0.717) is 22.2 Å². The van der Waals surface area contributed by atoms with Crippen LogP contribution in [-0.4, -0.2) is 24.1 Å². The number of hydrogen-bond donors (Lipinski definition) is 2. The molecule has 2 amide bonds. The Bertz CT molecular complexity index is 857. The molecule has 0 aliphatic heterocycles. The summed E-state index contributed by atoms with van der Waals surface area (Å²) in [5, 5.41) is 7.17. The molecule has 0 aliphatic rings. The molecule has 2 rings (SSSR count). The quantitative estimate of drug-likeness (QED) is 0.532. The number of carbonyl (C=O) groups is 2. The van der Waals surface area contributed by atoms with Gasteiger partial charge in [-0.05, 0) is 49.4 Å². The first-order chi connectivity index (χ1) is 12.8. The number of hydrazone groups is 1. The SMILES string of the molecule is CC(CC(=O)Nc1ccc(F)cc1)=NNC(=O)COc1ccc(Cl)cc1Cl. The Kier molecular flexibility index (Phi) is 7.57. The lowest BCUT2D eigenvalue weighted by Gasteiger charge is -2.08. The third-order valence-electron chi connectivity index (χ3n) is 3.17. The lowest BCUT2D eigenvalue weighted by molar-refractivity contribution is -0.123. The molecule has 9 heteroatoms. The summed E-state index contributed by atoms with van der Waals surface area (Å²) in [6.07, 6.45) is -0.0402. The summed E-state index contributed by atoms with van der Waals surface area (Å²) < 4.78 is 18.1. The predicted molar refractivity (Wildman–Crippen MR) is 103 cm³/mol. The first kappa shape index (κ1) is 20.7. The van der Waals surface area contributed by atoms with E-state index in [1.54, 1.807) is 19.1 Å². The fraction of sp³-hybridized carbons (Fsp3) is 0.167. The van der Waals surface area contributed by atoms with E-state index in [2.05, 4.69) is 15.8 Å². The highest BCUT2D eigenvalue weighted by molar-refractivity contribution is 6.35. The molecule has 2 N–H and O–H groups in total. The summed E-state index contributed by atoms with van der Waals surface area (Å²) >= 11 is 11.7. The normalized spacial score (nSPS) is 11.0. The second kappa shape index (κ2) is 9.89. The first-order valence-corrected chi connectivity index (χ1v) is 8.54. The van der Waals surface area contributed by atoms with Crippen LogP contribution in [0.4, 0.5) is 10.1 Å². The molecule has 142 valence electrons. The maximum absolute atomic E-state index is 12.8. The minimum absolute atomic E-state index is 0.0402. The number of ether oxygens (including phenoxy) is 1. The number of benzene rings is 2. The second-order valence-corrected chi connectivity index (χ2v) is 6.32. The minimum atomic E-state index is -0.515. The van der Waals surface area contributed by atoms with E-state index in [9.17, 15) is 14.0 Å². The fourth-order valence-corrected chi connectivity index (χ4v) is 2.40. The molecule has 0 aromatic heterocycles. The molecule has 0 spiro atoms. The van der Waals surface area contributed by atoms with Gasteiger partial charge < -0.3 is 10.1 Å². The van der Waals surface area contributed by atoms with Gasteiger partial charge in [0.25, 0.3) is 5.91 Å². The standard InChI is InChI=1S/C18H16Cl2FN3O3/c1-11(8-17(25)22-14-5-3-13(21)4-6-14)23-24-18(26)10-27-16-7-2-12(19)9-15(16)20/h2-7,9H,8,10H2,1H3,(H,22,25)(H,24,26). The molecular formula is C18H16Cl2FN3O3. The Hall–Kier alpha value is -2.64. The van der Waals surface area contributed by atoms with Crippen molar-refractivity contribution in [1.29, 1.82) is 0 Å². The number of hydrogen-bond acceptors (Lipinski definition) is 4. The molecule has 0 atom stereocenters. The zero-order valence-electron chi connectivity index (χ0n) is 14.3. The van der Waals surface area contributed by atoms with Gasteiger partial charge in [-0.15, -0.1) is 0 Å². The summed E-state index contributed by atoms with van der Waals surface area (Å²) in [7, 11) is 0. The van der Waals surface area contributed by atoms with Crippen LogP contribution in [-0.2, 0) is 9.59 Å². The van der Waals surface area contributed by atoms with Gasteiger partial charge >= 0.3 is 0 Å². The van der Waals surface area contributed by atoms with E-state index >= 15 is 0 Å². The largest absolute Gasteiger partial charge is 0.482 e. The highest BCUT2D eigenvalue weighted by Gasteiger charge is 2.08. The van der Waals surface area contributed by atoms with Crippen molar-refractivity contribution in [2.24, 2.45) is 5.10 Å². The molecule has 0 bridgehead atoms. The van der Waals surface area contributed by atoms with E-state index in [0.717, 1.165) is 0 Å². The molecule has 0 saturated carbocycles. The highest BCUT2D eigenvalue weighted by atomic mass is 35.5. The second-order valence-electron chi connectivity index (χ2n) is 5.48. The van der Waals surface area contributed by atoms with Crippen LogP contribution < -0.4 is 15.5 Å². The van der Waals surface area contributed by atoms with E-state index in [1.165, 1.54) is 30.3 Å². The fourth-order valence-electron chi connectivity index (χ4n) is 1.94. The third-order valence-corrected chi connectivity index (χ3v) is 3.70. The van der Waals surface area contributed by atoms with Gasteiger partial charge in [-0.25, -0.2) is 9.82 Å². The van der Waals surface area contributed by atoms with Crippen molar-refractivity contribution in [3.8, 4) is 5.75 Å². The van der Waals surface area contributed by atoms with E-state index in [1.807, 2.05) is 0 Å². The molecule has 0 heterocycles. The van der Waals surface area contributed by atoms with Gasteiger partial charge in [0.05, 0.1) is 11.4 Å². The topological polar surface area (TPSA) is 79.8 Å². The van der Waals surface area contributed by atoms with Crippen LogP contribution in [0.3, 0.4) is 0 Å². The number of halogens is 3. The maximum Gasteiger partial charge on any atom is 0.277 e. The minimum Gasteiger partial charge on any atom is -0.482 e. The van der Waals surface area contributed by atoms with Crippen molar-refractivity contribution >= 4 is 46.4 Å². The lowest BCUT2D eigenvalue weighted by atomic mass is 10.2. The number of nitrogens with zero attached hydrogens (tertiary/aromatic N) is 1. The Morgan fingerprint density at radius 2 is 1.81 bits per heavy atom. The van der Waals surface area contributed by atoms with Gasteiger partial charge in [-0.2, -0.15) is 5.10 Å². The van der Waals surface area contributed by atoms with E-state index in [4.69, 9.17) is 27.9 Å². The van der Waals surface area contributed by atoms with E-state index in [-0.39, 0.29) is 24.0 Å². The van der Waals surface area contributed by atoms with Crippen molar-refractivity contribution in [2.45, 2.75) is 13.3 Å². The summed E-state index contributed by atoms with van der Waals surface area (Å²) in [5.74, 6) is -0.938. The van der Waals surface area contributed by atoms with Crippen molar-refractivity contribution in [2.75, 3.05) is 11.9 Å². The predicted octanol–water partition coefficient (Wildman–Crippen LogP) is 4.03. The molecule has 0 fully saturated rings. The number of carbonyl (C=O) groups excluding carboxylic acids is 2. The molecule has 0 saturated heterocycles. The van der Waals surface area contributed by atoms with Crippen molar-refractivity contribution in [1.82, 2.24) is 5.43 Å². The van der Waals surface area contributed by atoms with Crippen LogP contribution in [0.15, 0.2) is 47.6 Å². The summed E-state index contributed by atoms with van der Waals surface area (Å²) in [4.78, 5) is 23.6. The number of rotatable bonds is 7. The van der Waals surface area contributed by atoms with Crippen molar-refractivity contribution in [3.63, 3.8) is 0 Å². The van der Waals surface area contributed by atoms with Crippen LogP contribution in [0.2, 0.25) is 10.0 Å². The van der Waals surface area contributed by atoms with Gasteiger partial charge in [-0.3, -0.25) is 9.59 Å². The zero-order valence-corrected chi connectivity index (χ0v) is 15.8. The van der Waals surface area contributed by atoms with Crippen LogP contribution >= 0.6 is 23.2 Å². The first-order valence-electron chi connectivity index (χ1n) is 7.79. The monoisotopic (exact) mass is 411 g/mol. The van der Waals surface area contributed by atoms with Gasteiger partial charge in [0, 0.05) is 16.4 Å². The maximum atomic E-state index is 12.8. The van der Waals surface area contributed by atoms with Crippen LogP contribution in [0, 0.1) is 5.82 Å². The number of anilines is 1. The molecule has 0 radical (unpaired) electrons. The van der Waals surface area contributed by atoms with Gasteiger partial charge in [0.15, 0.2) is 6.61 Å². The Balaban J connectivity index is 1.77. The Morgan fingerprint density at radius 1 is 1.11 bits per heavy atom. The van der Waals surface area contributed by atoms with E-state index < -0.39 is 11.7 Å². The van der Waals surface area contributed by atoms with Gasteiger partial charge in [0.1, 0.15) is 11.6 Å². The van der Waals surface area contributed by atoms with Crippen molar-refractivity contribution < 1.29 is 18.7 Å². The molecule has 2 aromatic rings. The molecular weight excluding hydrogens is 396 g/mol. The zero-order chi connectivity index (χ0) is 19.8. The molecule has 0 aliphatic carbocycles. The number of amides is 2. The molecule has 0 unspecified atom stereocenters. The van der Waals surface area contributed by atoms with Crippen LogP contribution in [0.1, 0.15) is 13.3 Å². The van der Waals surface area contributed by atoms with Crippen LogP contribution in [0.25, 0.3) is 0 Å². The third kappa shape index (κ3) is 7.24. The van der Waals surface area contributed by atoms with Gasteiger partial charge in [0.2, 0.25) is 5.91 Å². The number of nitrogens with one attached hydrogen (secondary N) is 2. The highest BCUT2D eigenvalue weighted by Crippen LogP contribution is 2.27. The summed E-state index contributed by atoms with van der Waals surface area (Å²) in [6.45, 7) is 1.28. The van der Waals surface area contributed by atoms with Crippen molar-refractivity contribution in [3.05, 3.63) is 58.3 Å².